The number of nitrogens with zero attached hydrogens (tertiary/aromatic N) is 1. The quantitative estimate of drug-likeness (QED) is 0.748. The summed E-state index contributed by atoms with van der Waals surface area (Å²) < 4.78 is 0. The number of piperidine rings is 1. The van der Waals surface area contributed by atoms with Crippen LogP contribution in [-0.2, 0) is 11.8 Å². The van der Waals surface area contributed by atoms with Crippen molar-refractivity contribution in [2.24, 2.45) is 11.8 Å². The number of hydrogen-bond donors (Lipinski definition) is 3. The topological polar surface area (TPSA) is 63.9 Å². The molecule has 0 radical (unpaired) electrons. The van der Waals surface area contributed by atoms with E-state index in [0.717, 1.165) is 37.3 Å². The molecule has 2 bridgehead atoms. The van der Waals surface area contributed by atoms with Crippen LogP contribution in [0.25, 0.3) is 0 Å². The second-order valence-corrected chi connectivity index (χ2v) is 9.92. The molecule has 0 aromatic heterocycles. The van der Waals surface area contributed by atoms with E-state index in [4.69, 9.17) is 0 Å². The van der Waals surface area contributed by atoms with E-state index < -0.39 is 11.0 Å². The van der Waals surface area contributed by atoms with Gasteiger partial charge in [-0.25, -0.2) is 0 Å². The van der Waals surface area contributed by atoms with Crippen LogP contribution in [0.5, 0.6) is 5.75 Å². The van der Waals surface area contributed by atoms with Crippen molar-refractivity contribution in [2.45, 2.75) is 80.9 Å². The Morgan fingerprint density at radius 3 is 2.74 bits per heavy atom. The first kappa shape index (κ1) is 18.0. The maximum Gasteiger partial charge on any atom is 0.115 e. The summed E-state index contributed by atoms with van der Waals surface area (Å²) in [4.78, 5) is 2.33. The van der Waals surface area contributed by atoms with Crippen LogP contribution in [0, 0.1) is 11.8 Å². The maximum atomic E-state index is 12.2. The monoisotopic (exact) mass is 371 g/mol. The number of likely N-dealkylation sites (N-methyl/N-ethyl adjacent to an activating group) is 1. The highest BCUT2D eigenvalue weighted by Crippen LogP contribution is 2.60. The predicted octanol–water partition coefficient (Wildman–Crippen LogP) is 2.97. The van der Waals surface area contributed by atoms with Crippen LogP contribution in [0.15, 0.2) is 18.2 Å². The molecule has 27 heavy (non-hydrogen) atoms. The fraction of sp³-hybridized carbons (Fsp3) is 0.739. The third-order valence-corrected chi connectivity index (χ3v) is 8.61. The number of aromatic hydroxyl groups is 1. The Bertz CT molecular complexity index is 730. The van der Waals surface area contributed by atoms with Crippen molar-refractivity contribution in [1.82, 2.24) is 4.90 Å². The van der Waals surface area contributed by atoms with E-state index in [-0.39, 0.29) is 23.8 Å². The molecule has 1 aromatic rings. The lowest BCUT2D eigenvalue weighted by Crippen LogP contribution is -2.74. The normalized spacial score (nSPS) is 42.0. The molecule has 0 spiro atoms. The van der Waals surface area contributed by atoms with Crippen LogP contribution in [0.2, 0.25) is 0 Å². The fourth-order valence-electron chi connectivity index (χ4n) is 7.21. The van der Waals surface area contributed by atoms with E-state index in [1.807, 2.05) is 12.1 Å². The number of phenolic OH excluding ortho intramolecular Hbond substituents is 1. The number of aliphatic hydroxyl groups is 2. The number of likely N-dealkylation sites (tertiary alicyclic amines) is 1. The van der Waals surface area contributed by atoms with Crippen LogP contribution in [-0.4, -0.2) is 51.6 Å². The molecule has 4 aliphatic rings. The Balaban J connectivity index is 1.56. The van der Waals surface area contributed by atoms with Gasteiger partial charge in [0.1, 0.15) is 5.75 Å². The number of benzene rings is 1. The Hall–Kier alpha value is -1.10. The molecule has 1 aromatic carbocycles. The number of hydrogen-bond acceptors (Lipinski definition) is 4. The summed E-state index contributed by atoms with van der Waals surface area (Å²) in [6, 6.07) is 5.75. The molecule has 5 atom stereocenters. The summed E-state index contributed by atoms with van der Waals surface area (Å²) in [5.74, 6) is 1.18. The van der Waals surface area contributed by atoms with Gasteiger partial charge in [0.25, 0.3) is 0 Å². The smallest absolute Gasteiger partial charge is 0.115 e. The predicted molar refractivity (Wildman–Crippen MR) is 105 cm³/mol. The molecule has 1 unspecified atom stereocenters. The highest BCUT2D eigenvalue weighted by Gasteiger charge is 2.65. The minimum atomic E-state index is -0.816. The van der Waals surface area contributed by atoms with E-state index in [2.05, 4.69) is 11.9 Å². The van der Waals surface area contributed by atoms with Crippen molar-refractivity contribution in [1.29, 1.82) is 0 Å². The van der Waals surface area contributed by atoms with Crippen molar-refractivity contribution in [3.8, 4) is 5.75 Å². The maximum absolute atomic E-state index is 12.2. The zero-order chi connectivity index (χ0) is 18.8. The summed E-state index contributed by atoms with van der Waals surface area (Å²) >= 11 is 0. The first-order chi connectivity index (χ1) is 12.9. The minimum Gasteiger partial charge on any atom is -0.508 e. The van der Waals surface area contributed by atoms with Crippen molar-refractivity contribution in [3.05, 3.63) is 29.3 Å². The van der Waals surface area contributed by atoms with Crippen molar-refractivity contribution >= 4 is 0 Å². The molecule has 3 N–H and O–H groups in total. The fourth-order valence-corrected chi connectivity index (χ4v) is 7.21. The SMILES string of the molecule is CN1CC[C@]23CC(O)[C@@H](CC4CCCC4)C[C@@]2(O)[C@H]1Cc1ccc(O)cc13. The molecule has 1 heterocycles. The van der Waals surface area contributed by atoms with Crippen molar-refractivity contribution in [2.75, 3.05) is 13.6 Å². The van der Waals surface area contributed by atoms with Crippen LogP contribution < -0.4 is 0 Å². The first-order valence-electron chi connectivity index (χ1n) is 10.9. The van der Waals surface area contributed by atoms with Gasteiger partial charge in [-0.05, 0) is 80.8 Å². The van der Waals surface area contributed by atoms with E-state index in [9.17, 15) is 15.3 Å². The van der Waals surface area contributed by atoms with Gasteiger partial charge in [-0.2, -0.15) is 0 Å². The lowest BCUT2D eigenvalue weighted by molar-refractivity contribution is -0.194. The Morgan fingerprint density at radius 1 is 1.19 bits per heavy atom. The summed E-state index contributed by atoms with van der Waals surface area (Å²) in [6.07, 6.45) is 8.90. The number of fused-ring (bicyclic) bond motifs is 1. The van der Waals surface area contributed by atoms with Crippen LogP contribution in [0.3, 0.4) is 0 Å². The Kier molecular flexibility index (Phi) is 4.12. The number of phenols is 1. The molecule has 3 fully saturated rings. The molecule has 2 saturated carbocycles. The molecule has 3 aliphatic carbocycles. The average Bonchev–Trinajstić information content (AvgIpc) is 3.13. The van der Waals surface area contributed by atoms with Gasteiger partial charge < -0.3 is 20.2 Å². The van der Waals surface area contributed by atoms with Crippen LogP contribution in [0.1, 0.15) is 62.5 Å². The van der Waals surface area contributed by atoms with Gasteiger partial charge in [0.2, 0.25) is 0 Å². The largest absolute Gasteiger partial charge is 0.508 e. The highest BCUT2D eigenvalue weighted by molar-refractivity contribution is 5.48. The summed E-state index contributed by atoms with van der Waals surface area (Å²) in [5.41, 5.74) is 1.08. The van der Waals surface area contributed by atoms with E-state index >= 15 is 0 Å². The molecular formula is C23H33NO3. The van der Waals surface area contributed by atoms with Gasteiger partial charge in [0.05, 0.1) is 11.7 Å². The van der Waals surface area contributed by atoms with E-state index in [0.29, 0.717) is 12.8 Å². The van der Waals surface area contributed by atoms with Gasteiger partial charge in [-0.15, -0.1) is 0 Å². The van der Waals surface area contributed by atoms with Gasteiger partial charge in [0, 0.05) is 11.5 Å². The number of rotatable bonds is 2. The highest BCUT2D eigenvalue weighted by atomic mass is 16.3. The van der Waals surface area contributed by atoms with Gasteiger partial charge in [-0.3, -0.25) is 0 Å². The zero-order valence-electron chi connectivity index (χ0n) is 16.4. The molecule has 1 aliphatic heterocycles. The van der Waals surface area contributed by atoms with Crippen LogP contribution in [0.4, 0.5) is 0 Å². The van der Waals surface area contributed by atoms with E-state index in [1.54, 1.807) is 6.07 Å². The third-order valence-electron chi connectivity index (χ3n) is 8.61. The lowest BCUT2D eigenvalue weighted by atomic mass is 9.47. The summed E-state index contributed by atoms with van der Waals surface area (Å²) in [5, 5.41) is 33.5. The molecule has 4 heteroatoms. The second-order valence-electron chi connectivity index (χ2n) is 9.92. The second kappa shape index (κ2) is 6.20. The van der Waals surface area contributed by atoms with Gasteiger partial charge in [0.15, 0.2) is 0 Å². The summed E-state index contributed by atoms with van der Waals surface area (Å²) in [6.45, 7) is 0.933. The molecule has 1 saturated heterocycles. The lowest BCUT2D eigenvalue weighted by Gasteiger charge is -2.65. The number of aliphatic hydroxyl groups excluding tert-OH is 1. The summed E-state index contributed by atoms with van der Waals surface area (Å²) in [7, 11) is 2.13. The molecular weight excluding hydrogens is 338 g/mol. The average molecular weight is 372 g/mol. The zero-order valence-corrected chi connectivity index (χ0v) is 16.4. The van der Waals surface area contributed by atoms with Crippen molar-refractivity contribution < 1.29 is 15.3 Å². The van der Waals surface area contributed by atoms with Gasteiger partial charge in [-0.1, -0.05) is 31.7 Å². The molecule has 4 nitrogen and oxygen atoms in total. The Labute approximate surface area is 162 Å². The van der Waals surface area contributed by atoms with E-state index in [1.165, 1.54) is 31.2 Å². The standard InChI is InChI=1S/C23H33NO3/c1-24-9-8-22-14-20(26)17(10-15-4-2-3-5-15)13-23(22,27)21(24)11-16-6-7-18(25)12-19(16)22/h6-7,12,15,17,20-21,25-27H,2-5,8-11,13-14H2,1H3/t17-,20?,21+,22+,23+/m0/s1. The van der Waals surface area contributed by atoms with Gasteiger partial charge >= 0.3 is 0 Å². The third kappa shape index (κ3) is 2.53. The van der Waals surface area contributed by atoms with Crippen molar-refractivity contribution in [3.63, 3.8) is 0 Å². The molecule has 148 valence electrons. The van der Waals surface area contributed by atoms with Crippen LogP contribution >= 0.6 is 0 Å². The molecule has 5 rings (SSSR count). The first-order valence-corrected chi connectivity index (χ1v) is 10.9. The minimum absolute atomic E-state index is 0.0990. The molecule has 0 amide bonds. The Morgan fingerprint density at radius 2 is 1.96 bits per heavy atom.